The van der Waals surface area contributed by atoms with Crippen molar-refractivity contribution < 1.29 is 0 Å². The third kappa shape index (κ3) is 2.86. The molecule has 106 valence electrons. The summed E-state index contributed by atoms with van der Waals surface area (Å²) in [4.78, 5) is 0. The van der Waals surface area contributed by atoms with Gasteiger partial charge < -0.3 is 0 Å². The van der Waals surface area contributed by atoms with Crippen LogP contribution >= 0.6 is 15.9 Å². The van der Waals surface area contributed by atoms with Gasteiger partial charge in [-0.15, -0.1) is 0 Å². The van der Waals surface area contributed by atoms with Gasteiger partial charge in [0.25, 0.3) is 0 Å². The molecule has 3 aromatic carbocycles. The third-order valence-electron chi connectivity index (χ3n) is 3.82. The van der Waals surface area contributed by atoms with E-state index in [-0.39, 0.29) is 6.04 Å². The molecule has 0 fully saturated rings. The number of benzene rings is 3. The Kier molecular flexibility index (Phi) is 4.06. The average molecular weight is 341 g/mol. The number of rotatable bonds is 3. The second-order valence-corrected chi connectivity index (χ2v) is 6.12. The quantitative estimate of drug-likeness (QED) is 0.545. The van der Waals surface area contributed by atoms with Gasteiger partial charge in [0, 0.05) is 4.47 Å². The van der Waals surface area contributed by atoms with Gasteiger partial charge in [-0.25, -0.2) is 5.43 Å². The van der Waals surface area contributed by atoms with Crippen LogP contribution in [0.15, 0.2) is 65.1 Å². The molecule has 1 unspecified atom stereocenters. The molecule has 0 spiro atoms. The van der Waals surface area contributed by atoms with Gasteiger partial charge in [-0.1, -0.05) is 58.4 Å². The molecule has 3 heteroatoms. The number of nitrogens with one attached hydrogen (secondary N) is 1. The highest BCUT2D eigenvalue weighted by molar-refractivity contribution is 9.10. The smallest absolute Gasteiger partial charge is 0.0712 e. The van der Waals surface area contributed by atoms with Crippen LogP contribution in [0.5, 0.6) is 0 Å². The normalized spacial score (nSPS) is 12.5. The van der Waals surface area contributed by atoms with E-state index in [1.807, 2.05) is 6.07 Å². The Hall–Kier alpha value is -1.68. The number of fused-ring (bicyclic) bond motifs is 1. The number of halogens is 1. The van der Waals surface area contributed by atoms with Crippen LogP contribution in [-0.2, 0) is 0 Å². The molecule has 0 amide bonds. The molecule has 3 rings (SSSR count). The summed E-state index contributed by atoms with van der Waals surface area (Å²) in [5.74, 6) is 5.83. The fraction of sp³-hybridized carbons (Fsp3) is 0.111. The molecule has 0 aliphatic carbocycles. The van der Waals surface area contributed by atoms with Crippen LogP contribution < -0.4 is 11.3 Å². The molecule has 0 aliphatic rings. The Labute approximate surface area is 133 Å². The molecule has 2 nitrogen and oxygen atoms in total. The van der Waals surface area contributed by atoms with E-state index in [9.17, 15) is 0 Å². The highest BCUT2D eigenvalue weighted by atomic mass is 79.9. The fourth-order valence-corrected chi connectivity index (χ4v) is 3.19. The van der Waals surface area contributed by atoms with E-state index in [4.69, 9.17) is 5.84 Å². The van der Waals surface area contributed by atoms with Gasteiger partial charge >= 0.3 is 0 Å². The lowest BCUT2D eigenvalue weighted by Crippen LogP contribution is -2.29. The van der Waals surface area contributed by atoms with E-state index in [1.54, 1.807) is 0 Å². The Morgan fingerprint density at radius 2 is 1.71 bits per heavy atom. The number of nitrogens with two attached hydrogens (primary N) is 1. The largest absolute Gasteiger partial charge is 0.271 e. The van der Waals surface area contributed by atoms with Crippen LogP contribution in [-0.4, -0.2) is 0 Å². The molecule has 0 radical (unpaired) electrons. The van der Waals surface area contributed by atoms with Gasteiger partial charge in [-0.05, 0) is 52.6 Å². The van der Waals surface area contributed by atoms with E-state index in [2.05, 4.69) is 82.9 Å². The molecule has 21 heavy (non-hydrogen) atoms. The van der Waals surface area contributed by atoms with Crippen molar-refractivity contribution in [2.24, 2.45) is 5.84 Å². The summed E-state index contributed by atoms with van der Waals surface area (Å²) in [6.45, 7) is 2.10. The van der Waals surface area contributed by atoms with Crippen molar-refractivity contribution in [3.63, 3.8) is 0 Å². The SMILES string of the molecule is Cc1cc(Br)ccc1C(NN)c1ccc2ccccc2c1. The topological polar surface area (TPSA) is 38.0 Å². The van der Waals surface area contributed by atoms with E-state index in [0.717, 1.165) is 4.47 Å². The Morgan fingerprint density at radius 3 is 2.43 bits per heavy atom. The first-order valence-corrected chi connectivity index (χ1v) is 7.69. The molecule has 3 N–H and O–H groups in total. The Balaban J connectivity index is 2.09. The van der Waals surface area contributed by atoms with Crippen LogP contribution in [0.25, 0.3) is 10.8 Å². The van der Waals surface area contributed by atoms with E-state index in [0.29, 0.717) is 0 Å². The summed E-state index contributed by atoms with van der Waals surface area (Å²) in [6, 6.07) is 21.1. The third-order valence-corrected chi connectivity index (χ3v) is 4.31. The minimum absolute atomic E-state index is 0.0114. The first kappa shape index (κ1) is 14.3. The van der Waals surface area contributed by atoms with Gasteiger partial charge in [-0.3, -0.25) is 5.84 Å². The molecule has 3 aromatic rings. The molecular weight excluding hydrogens is 324 g/mol. The molecule has 0 heterocycles. The van der Waals surface area contributed by atoms with E-state index < -0.39 is 0 Å². The zero-order valence-corrected chi connectivity index (χ0v) is 13.4. The minimum Gasteiger partial charge on any atom is -0.271 e. The summed E-state index contributed by atoms with van der Waals surface area (Å²) >= 11 is 3.50. The highest BCUT2D eigenvalue weighted by Gasteiger charge is 2.15. The van der Waals surface area contributed by atoms with Crippen LogP contribution in [0.2, 0.25) is 0 Å². The Morgan fingerprint density at radius 1 is 0.952 bits per heavy atom. The van der Waals surface area contributed by atoms with E-state index in [1.165, 1.54) is 27.5 Å². The number of hydrogen-bond donors (Lipinski definition) is 2. The second-order valence-electron chi connectivity index (χ2n) is 5.21. The van der Waals surface area contributed by atoms with Crippen LogP contribution in [0, 0.1) is 6.92 Å². The number of hydrogen-bond acceptors (Lipinski definition) is 2. The van der Waals surface area contributed by atoms with Crippen molar-refractivity contribution in [3.8, 4) is 0 Å². The molecule has 0 bridgehead atoms. The van der Waals surface area contributed by atoms with Gasteiger partial charge in [0.1, 0.15) is 0 Å². The molecular formula is C18H17BrN2. The van der Waals surface area contributed by atoms with Crippen molar-refractivity contribution in [3.05, 3.63) is 81.8 Å². The summed E-state index contributed by atoms with van der Waals surface area (Å²) in [7, 11) is 0. The predicted octanol–water partition coefficient (Wildman–Crippen LogP) is 4.46. The Bertz CT molecular complexity index is 783. The highest BCUT2D eigenvalue weighted by Crippen LogP contribution is 2.28. The maximum atomic E-state index is 5.83. The minimum atomic E-state index is -0.0114. The first-order chi connectivity index (χ1) is 10.2. The molecule has 0 aromatic heterocycles. The lowest BCUT2D eigenvalue weighted by Gasteiger charge is -2.20. The fourth-order valence-electron chi connectivity index (χ4n) is 2.72. The summed E-state index contributed by atoms with van der Waals surface area (Å²) in [6.07, 6.45) is 0. The van der Waals surface area contributed by atoms with Gasteiger partial charge in [0.05, 0.1) is 6.04 Å². The van der Waals surface area contributed by atoms with Gasteiger partial charge in [0.2, 0.25) is 0 Å². The summed E-state index contributed by atoms with van der Waals surface area (Å²) in [5, 5.41) is 2.47. The van der Waals surface area contributed by atoms with Crippen LogP contribution in [0.4, 0.5) is 0 Å². The lowest BCUT2D eigenvalue weighted by molar-refractivity contribution is 0.634. The molecule has 0 saturated heterocycles. The summed E-state index contributed by atoms with van der Waals surface area (Å²) < 4.78 is 1.08. The van der Waals surface area contributed by atoms with Crippen molar-refractivity contribution in [1.82, 2.24) is 5.43 Å². The van der Waals surface area contributed by atoms with Crippen molar-refractivity contribution in [2.45, 2.75) is 13.0 Å². The van der Waals surface area contributed by atoms with Crippen molar-refractivity contribution in [1.29, 1.82) is 0 Å². The molecule has 0 saturated carbocycles. The van der Waals surface area contributed by atoms with Crippen molar-refractivity contribution in [2.75, 3.05) is 0 Å². The second kappa shape index (κ2) is 5.98. The van der Waals surface area contributed by atoms with E-state index >= 15 is 0 Å². The number of hydrazine groups is 1. The maximum absolute atomic E-state index is 5.83. The average Bonchev–Trinajstić information content (AvgIpc) is 2.50. The molecule has 0 aliphatic heterocycles. The van der Waals surface area contributed by atoms with Gasteiger partial charge in [-0.2, -0.15) is 0 Å². The zero-order valence-electron chi connectivity index (χ0n) is 11.8. The molecule has 1 atom stereocenters. The van der Waals surface area contributed by atoms with Gasteiger partial charge in [0.15, 0.2) is 0 Å². The predicted molar refractivity (Wildman–Crippen MR) is 92.0 cm³/mol. The summed E-state index contributed by atoms with van der Waals surface area (Å²) in [5.41, 5.74) is 6.51. The van der Waals surface area contributed by atoms with Crippen LogP contribution in [0.3, 0.4) is 0 Å². The standard InChI is InChI=1S/C18H17BrN2/c1-12-10-16(19)8-9-17(12)18(21-20)15-7-6-13-4-2-3-5-14(13)11-15/h2-11,18,21H,20H2,1H3. The van der Waals surface area contributed by atoms with Crippen LogP contribution in [0.1, 0.15) is 22.7 Å². The maximum Gasteiger partial charge on any atom is 0.0712 e. The lowest BCUT2D eigenvalue weighted by atomic mass is 9.94. The monoisotopic (exact) mass is 340 g/mol. The van der Waals surface area contributed by atoms with Crippen molar-refractivity contribution >= 4 is 26.7 Å². The first-order valence-electron chi connectivity index (χ1n) is 6.90. The number of aryl methyl sites for hydroxylation is 1. The zero-order chi connectivity index (χ0) is 14.8.